The molecule has 0 saturated carbocycles. The third-order valence-electron chi connectivity index (χ3n) is 5.33. The van der Waals surface area contributed by atoms with Gasteiger partial charge in [0.15, 0.2) is 5.82 Å². The molecule has 4 rings (SSSR count). The second-order valence-electron chi connectivity index (χ2n) is 7.24. The van der Waals surface area contributed by atoms with E-state index < -0.39 is 11.8 Å². The van der Waals surface area contributed by atoms with Crippen LogP contribution < -0.4 is 10.5 Å². The molecular weight excluding hydrogens is 389 g/mol. The Labute approximate surface area is 172 Å². The first-order chi connectivity index (χ1) is 14.5. The summed E-state index contributed by atoms with van der Waals surface area (Å²) >= 11 is 0. The minimum Gasteiger partial charge on any atom is -0.464 e. The monoisotopic (exact) mass is 411 g/mol. The second kappa shape index (κ2) is 8.19. The van der Waals surface area contributed by atoms with E-state index in [4.69, 9.17) is 0 Å². The van der Waals surface area contributed by atoms with Crippen molar-refractivity contribution in [1.29, 1.82) is 0 Å². The number of methoxy groups -OCH3 is 1. The molecule has 1 aliphatic heterocycles. The maximum atomic E-state index is 14.9. The van der Waals surface area contributed by atoms with Gasteiger partial charge in [0.1, 0.15) is 16.9 Å². The smallest absolute Gasteiger partial charge is 0.356 e. The third kappa shape index (κ3) is 3.88. The highest BCUT2D eigenvalue weighted by atomic mass is 19.1. The molecule has 1 aliphatic rings. The Morgan fingerprint density at radius 1 is 1.20 bits per heavy atom. The van der Waals surface area contributed by atoms with Gasteiger partial charge in [-0.25, -0.2) is 19.2 Å². The molecular formula is C21H22FN5O3. The van der Waals surface area contributed by atoms with Gasteiger partial charge in [-0.15, -0.1) is 0 Å². The number of piperazine rings is 1. The minimum atomic E-state index is -0.463. The number of aryl methyl sites for hydroxylation is 1. The van der Waals surface area contributed by atoms with Crippen LogP contribution in [0, 0.1) is 12.7 Å². The van der Waals surface area contributed by atoms with Crippen LogP contribution in [0.5, 0.6) is 0 Å². The van der Waals surface area contributed by atoms with Gasteiger partial charge in [-0.2, -0.15) is 0 Å². The number of nitrogens with zero attached hydrogens (tertiary/aromatic N) is 4. The summed E-state index contributed by atoms with van der Waals surface area (Å²) in [5.74, 6) is -0.891. The van der Waals surface area contributed by atoms with Gasteiger partial charge in [0.2, 0.25) is 0 Å². The molecule has 8 nitrogen and oxygen atoms in total. The molecule has 9 heteroatoms. The summed E-state index contributed by atoms with van der Waals surface area (Å²) in [7, 11) is 1.32. The molecule has 1 saturated heterocycles. The summed E-state index contributed by atoms with van der Waals surface area (Å²) in [6.07, 6.45) is 1.66. The van der Waals surface area contributed by atoms with Crippen LogP contribution in [-0.2, 0) is 11.3 Å². The zero-order chi connectivity index (χ0) is 21.3. The number of H-pyrrole nitrogens is 1. The van der Waals surface area contributed by atoms with Gasteiger partial charge in [0, 0.05) is 38.3 Å². The fourth-order valence-corrected chi connectivity index (χ4v) is 3.58. The number of esters is 1. The van der Waals surface area contributed by atoms with Crippen LogP contribution >= 0.6 is 0 Å². The van der Waals surface area contributed by atoms with Crippen molar-refractivity contribution in [2.24, 2.45) is 0 Å². The number of ether oxygens (including phenoxy) is 1. The van der Waals surface area contributed by atoms with Gasteiger partial charge in [-0.1, -0.05) is 6.07 Å². The largest absolute Gasteiger partial charge is 0.464 e. The topological polar surface area (TPSA) is 91.4 Å². The van der Waals surface area contributed by atoms with E-state index in [0.717, 1.165) is 31.9 Å². The lowest BCUT2D eigenvalue weighted by atomic mass is 10.1. The average molecular weight is 411 g/mol. The van der Waals surface area contributed by atoms with E-state index in [1.54, 1.807) is 31.3 Å². The molecule has 0 bridgehead atoms. The van der Waals surface area contributed by atoms with Gasteiger partial charge in [0.25, 0.3) is 5.56 Å². The first kappa shape index (κ1) is 20.0. The minimum absolute atomic E-state index is 0.151. The van der Waals surface area contributed by atoms with Gasteiger partial charge < -0.3 is 14.6 Å². The maximum absolute atomic E-state index is 14.9. The van der Waals surface area contributed by atoms with Crippen LogP contribution in [0.3, 0.4) is 0 Å². The normalized spacial score (nSPS) is 14.8. The van der Waals surface area contributed by atoms with Gasteiger partial charge >= 0.3 is 5.97 Å². The Morgan fingerprint density at radius 2 is 1.97 bits per heavy atom. The van der Waals surface area contributed by atoms with Crippen molar-refractivity contribution in [1.82, 2.24) is 19.9 Å². The summed E-state index contributed by atoms with van der Waals surface area (Å²) in [4.78, 5) is 38.5. The lowest BCUT2D eigenvalue weighted by molar-refractivity contribution is 0.0594. The zero-order valence-electron chi connectivity index (χ0n) is 16.8. The number of aromatic amines is 1. The SMILES string of the molecule is COC(=O)c1ccc(N2CCN(Cc3ccc4nc(C)c(=O)[nH]c4c3F)CC2)cn1. The van der Waals surface area contributed by atoms with Crippen molar-refractivity contribution in [3.63, 3.8) is 0 Å². The van der Waals surface area contributed by atoms with Crippen molar-refractivity contribution < 1.29 is 13.9 Å². The van der Waals surface area contributed by atoms with E-state index in [0.29, 0.717) is 23.3 Å². The molecule has 3 heterocycles. The molecule has 0 radical (unpaired) electrons. The van der Waals surface area contributed by atoms with Crippen LogP contribution in [0.25, 0.3) is 11.0 Å². The Kier molecular flexibility index (Phi) is 5.45. The fraction of sp³-hybridized carbons (Fsp3) is 0.333. The van der Waals surface area contributed by atoms with Crippen molar-refractivity contribution in [3.8, 4) is 0 Å². The summed E-state index contributed by atoms with van der Waals surface area (Å²) in [6, 6.07) is 6.96. The number of rotatable bonds is 4. The molecule has 0 aliphatic carbocycles. The highest BCUT2D eigenvalue weighted by Crippen LogP contribution is 2.21. The van der Waals surface area contributed by atoms with Crippen LogP contribution in [0.4, 0.5) is 10.1 Å². The van der Waals surface area contributed by atoms with Crippen molar-refractivity contribution in [3.05, 3.63) is 63.6 Å². The van der Waals surface area contributed by atoms with E-state index in [1.165, 1.54) is 7.11 Å². The standard InChI is InChI=1S/C21H22FN5O3/c1-13-20(28)25-19-16(24-13)5-3-14(18(19)22)12-26-7-9-27(10-8-26)15-4-6-17(23-11-15)21(29)30-2/h3-6,11H,7-10,12H2,1-2H3,(H,25,28). The molecule has 0 spiro atoms. The van der Waals surface area contributed by atoms with E-state index in [9.17, 15) is 14.0 Å². The number of benzene rings is 1. The molecule has 0 atom stereocenters. The lowest BCUT2D eigenvalue weighted by Gasteiger charge is -2.36. The summed E-state index contributed by atoms with van der Waals surface area (Å²) in [5, 5.41) is 0. The summed E-state index contributed by atoms with van der Waals surface area (Å²) < 4.78 is 19.6. The predicted octanol–water partition coefficient (Wildman–Crippen LogP) is 1.87. The van der Waals surface area contributed by atoms with Crippen LogP contribution in [0.15, 0.2) is 35.3 Å². The molecule has 2 aromatic heterocycles. The second-order valence-corrected chi connectivity index (χ2v) is 7.24. The number of carbonyl (C=O) groups excluding carboxylic acids is 1. The fourth-order valence-electron chi connectivity index (χ4n) is 3.58. The first-order valence-corrected chi connectivity index (χ1v) is 9.66. The lowest BCUT2D eigenvalue weighted by Crippen LogP contribution is -2.46. The highest BCUT2D eigenvalue weighted by Gasteiger charge is 2.20. The van der Waals surface area contributed by atoms with E-state index >= 15 is 0 Å². The first-order valence-electron chi connectivity index (χ1n) is 9.66. The Bertz CT molecular complexity index is 1140. The number of aromatic nitrogens is 3. The molecule has 1 N–H and O–H groups in total. The number of pyridine rings is 1. The van der Waals surface area contributed by atoms with Crippen molar-refractivity contribution in [2.75, 3.05) is 38.2 Å². The van der Waals surface area contributed by atoms with E-state index in [1.807, 2.05) is 6.07 Å². The number of hydrogen-bond donors (Lipinski definition) is 1. The number of halogens is 1. The van der Waals surface area contributed by atoms with Gasteiger partial charge in [0.05, 0.1) is 24.5 Å². The van der Waals surface area contributed by atoms with E-state index in [-0.39, 0.29) is 16.8 Å². The summed E-state index contributed by atoms with van der Waals surface area (Å²) in [6.45, 7) is 5.06. The number of anilines is 1. The Morgan fingerprint density at radius 3 is 2.63 bits per heavy atom. The van der Waals surface area contributed by atoms with Crippen LogP contribution in [-0.4, -0.2) is 59.1 Å². The van der Waals surface area contributed by atoms with Gasteiger partial charge in [-0.05, 0) is 25.1 Å². The number of hydrogen-bond acceptors (Lipinski definition) is 7. The van der Waals surface area contributed by atoms with Crippen LogP contribution in [0.2, 0.25) is 0 Å². The molecule has 156 valence electrons. The molecule has 3 aromatic rings. The Balaban J connectivity index is 1.42. The highest BCUT2D eigenvalue weighted by molar-refractivity contribution is 5.87. The van der Waals surface area contributed by atoms with Crippen LogP contribution in [0.1, 0.15) is 21.7 Å². The molecule has 1 fully saturated rings. The van der Waals surface area contributed by atoms with Crippen molar-refractivity contribution in [2.45, 2.75) is 13.5 Å². The number of carbonyl (C=O) groups is 1. The number of nitrogens with one attached hydrogen (secondary N) is 1. The number of fused-ring (bicyclic) bond motifs is 1. The van der Waals surface area contributed by atoms with E-state index in [2.05, 4.69) is 29.5 Å². The Hall–Kier alpha value is -3.33. The average Bonchev–Trinajstić information content (AvgIpc) is 2.77. The predicted molar refractivity (Wildman–Crippen MR) is 110 cm³/mol. The summed E-state index contributed by atoms with van der Waals surface area (Å²) in [5.41, 5.74) is 2.27. The molecule has 0 unspecified atom stereocenters. The van der Waals surface area contributed by atoms with Gasteiger partial charge in [-0.3, -0.25) is 9.69 Å². The zero-order valence-corrected chi connectivity index (χ0v) is 16.8. The third-order valence-corrected chi connectivity index (χ3v) is 5.33. The molecule has 30 heavy (non-hydrogen) atoms. The quantitative estimate of drug-likeness (QED) is 0.656. The van der Waals surface area contributed by atoms with Crippen molar-refractivity contribution >= 4 is 22.7 Å². The maximum Gasteiger partial charge on any atom is 0.356 e. The molecule has 1 aromatic carbocycles. The molecule has 0 amide bonds.